The summed E-state index contributed by atoms with van der Waals surface area (Å²) in [6.07, 6.45) is 0. The van der Waals surface area contributed by atoms with Crippen LogP contribution < -0.4 is 0 Å². The third-order valence-electron chi connectivity index (χ3n) is 1.55. The van der Waals surface area contributed by atoms with E-state index in [9.17, 15) is 9.59 Å². The molecule has 78 valence electrons. The number of benzene rings is 1. The molecule has 15 heavy (non-hydrogen) atoms. The Labute approximate surface area is 84.9 Å². The first-order valence-corrected chi connectivity index (χ1v) is 3.92. The van der Waals surface area contributed by atoms with Gasteiger partial charge in [0, 0.05) is 0 Å². The van der Waals surface area contributed by atoms with Gasteiger partial charge in [0.2, 0.25) is 0 Å². The number of carbonyl (C=O) groups is 2. The van der Waals surface area contributed by atoms with Crippen LogP contribution >= 0.6 is 0 Å². The highest BCUT2D eigenvalue weighted by atomic mass is 16.6. The van der Waals surface area contributed by atoms with Crippen molar-refractivity contribution in [1.29, 1.82) is 0 Å². The Bertz CT molecular complexity index is 353. The highest BCUT2D eigenvalue weighted by molar-refractivity contribution is 6.30. The van der Waals surface area contributed by atoms with Crippen LogP contribution in [0.15, 0.2) is 24.3 Å². The maximum atomic E-state index is 10.8. The zero-order chi connectivity index (χ0) is 11.4. The molecule has 0 saturated carbocycles. The van der Waals surface area contributed by atoms with Gasteiger partial charge in [0.1, 0.15) is 0 Å². The fourth-order valence-corrected chi connectivity index (χ4v) is 1.03. The summed E-state index contributed by atoms with van der Waals surface area (Å²) in [5.74, 6) is -1.10. The third kappa shape index (κ3) is 2.88. The molecule has 0 unspecified atom stereocenters. The highest BCUT2D eigenvalue weighted by Crippen LogP contribution is 2.18. The molecular formula is C8H7BO6. The SMILES string of the molecule is O=C1OC(=O)c2ccccc21.OB(O)O. The minimum absolute atomic E-state index is 0.359. The molecule has 7 heteroatoms. The van der Waals surface area contributed by atoms with Crippen molar-refractivity contribution in [2.45, 2.75) is 0 Å². The molecule has 1 aliphatic heterocycles. The van der Waals surface area contributed by atoms with Gasteiger partial charge in [-0.2, -0.15) is 0 Å². The highest BCUT2D eigenvalue weighted by Gasteiger charge is 2.28. The molecule has 1 heterocycles. The average Bonchev–Trinajstić information content (AvgIpc) is 2.43. The zero-order valence-corrected chi connectivity index (χ0v) is 7.45. The molecule has 0 bridgehead atoms. The van der Waals surface area contributed by atoms with Gasteiger partial charge in [0.25, 0.3) is 0 Å². The molecule has 0 aromatic heterocycles. The lowest BCUT2D eigenvalue weighted by molar-refractivity contribution is 0.0443. The average molecular weight is 210 g/mol. The van der Waals surface area contributed by atoms with Gasteiger partial charge in [-0.1, -0.05) is 12.1 Å². The molecule has 0 radical (unpaired) electrons. The Hall–Kier alpha value is -1.70. The monoisotopic (exact) mass is 210 g/mol. The first-order valence-electron chi connectivity index (χ1n) is 3.92. The molecule has 6 nitrogen and oxygen atoms in total. The van der Waals surface area contributed by atoms with E-state index in [0.29, 0.717) is 11.1 Å². The Morgan fingerprint density at radius 2 is 1.27 bits per heavy atom. The number of hydrogen-bond donors (Lipinski definition) is 3. The molecule has 0 atom stereocenters. The molecule has 0 spiro atoms. The Kier molecular flexibility index (Phi) is 3.56. The van der Waals surface area contributed by atoms with Crippen molar-refractivity contribution in [3.05, 3.63) is 35.4 Å². The van der Waals surface area contributed by atoms with E-state index in [2.05, 4.69) is 4.74 Å². The molecule has 1 aliphatic rings. The van der Waals surface area contributed by atoms with Gasteiger partial charge in [-0.05, 0) is 12.1 Å². The van der Waals surface area contributed by atoms with Gasteiger partial charge >= 0.3 is 19.3 Å². The summed E-state index contributed by atoms with van der Waals surface area (Å²) >= 11 is 0. The molecule has 2 rings (SSSR count). The maximum Gasteiger partial charge on any atom is 0.631 e. The topological polar surface area (TPSA) is 104 Å². The summed E-state index contributed by atoms with van der Waals surface area (Å²) in [7, 11) is -2.17. The Morgan fingerprint density at radius 3 is 1.60 bits per heavy atom. The first-order chi connectivity index (χ1) is 7.02. The largest absolute Gasteiger partial charge is 0.631 e. The van der Waals surface area contributed by atoms with Crippen molar-refractivity contribution in [2.24, 2.45) is 0 Å². The van der Waals surface area contributed by atoms with Gasteiger partial charge in [-0.3, -0.25) is 0 Å². The van der Waals surface area contributed by atoms with E-state index in [1.807, 2.05) is 0 Å². The van der Waals surface area contributed by atoms with Crippen LogP contribution in [0.3, 0.4) is 0 Å². The van der Waals surface area contributed by atoms with Gasteiger partial charge in [-0.15, -0.1) is 0 Å². The predicted molar refractivity (Wildman–Crippen MR) is 48.6 cm³/mol. The van der Waals surface area contributed by atoms with Crippen LogP contribution in [0.5, 0.6) is 0 Å². The van der Waals surface area contributed by atoms with Crippen molar-refractivity contribution in [1.82, 2.24) is 0 Å². The van der Waals surface area contributed by atoms with Crippen LogP contribution in [0.1, 0.15) is 20.7 Å². The van der Waals surface area contributed by atoms with Crippen LogP contribution in [-0.2, 0) is 4.74 Å². The number of rotatable bonds is 0. The quantitative estimate of drug-likeness (QED) is 0.286. The molecule has 1 aromatic carbocycles. The fraction of sp³-hybridized carbons (Fsp3) is 0. The van der Waals surface area contributed by atoms with Crippen molar-refractivity contribution in [2.75, 3.05) is 0 Å². The van der Waals surface area contributed by atoms with Gasteiger partial charge in [0.05, 0.1) is 11.1 Å². The number of carbonyl (C=O) groups excluding carboxylic acids is 2. The number of cyclic esters (lactones) is 2. The molecule has 0 saturated heterocycles. The van der Waals surface area contributed by atoms with E-state index in [0.717, 1.165) is 0 Å². The summed E-state index contributed by atoms with van der Waals surface area (Å²) in [6, 6.07) is 6.53. The van der Waals surface area contributed by atoms with Crippen LogP contribution in [0.4, 0.5) is 0 Å². The Morgan fingerprint density at radius 1 is 0.933 bits per heavy atom. The van der Waals surface area contributed by atoms with E-state index in [4.69, 9.17) is 15.1 Å². The second kappa shape index (κ2) is 4.69. The van der Waals surface area contributed by atoms with Crippen molar-refractivity contribution in [3.63, 3.8) is 0 Å². The normalized spacial score (nSPS) is 12.5. The molecule has 0 aliphatic carbocycles. The smallest absolute Gasteiger partial charge is 0.402 e. The second-order valence-corrected chi connectivity index (χ2v) is 2.57. The van der Waals surface area contributed by atoms with E-state index in [-0.39, 0.29) is 0 Å². The summed E-state index contributed by atoms with van der Waals surface area (Å²) in [5.41, 5.74) is 0.718. The van der Waals surface area contributed by atoms with Gasteiger partial charge < -0.3 is 19.8 Å². The van der Waals surface area contributed by atoms with Crippen molar-refractivity contribution in [3.8, 4) is 0 Å². The number of hydrogen-bond acceptors (Lipinski definition) is 6. The minimum atomic E-state index is -2.17. The van der Waals surface area contributed by atoms with E-state index in [1.165, 1.54) is 0 Å². The van der Waals surface area contributed by atoms with Crippen molar-refractivity contribution < 1.29 is 29.4 Å². The van der Waals surface area contributed by atoms with Crippen LogP contribution in [0.2, 0.25) is 0 Å². The molecule has 0 fully saturated rings. The number of esters is 2. The van der Waals surface area contributed by atoms with Crippen LogP contribution in [0, 0.1) is 0 Å². The lowest BCUT2D eigenvalue weighted by atomic mass is 10.1. The van der Waals surface area contributed by atoms with E-state index >= 15 is 0 Å². The van der Waals surface area contributed by atoms with Crippen molar-refractivity contribution >= 4 is 19.3 Å². The maximum absolute atomic E-state index is 10.8. The summed E-state index contributed by atoms with van der Waals surface area (Å²) in [5, 5.41) is 21.5. The predicted octanol–water partition coefficient (Wildman–Crippen LogP) is -1.05. The van der Waals surface area contributed by atoms with Gasteiger partial charge in [-0.25, -0.2) is 9.59 Å². The standard InChI is InChI=1S/C8H4O3.BH3O3/c9-7-5-3-1-2-4-6(5)8(10)11-7;2-1(3)4/h1-4H;2-4H. The molecule has 1 aromatic rings. The summed E-state index contributed by atoms with van der Waals surface area (Å²) < 4.78 is 4.35. The number of ether oxygens (including phenoxy) is 1. The molecule has 0 amide bonds. The van der Waals surface area contributed by atoms with E-state index in [1.54, 1.807) is 24.3 Å². The van der Waals surface area contributed by atoms with E-state index < -0.39 is 19.3 Å². The first kappa shape index (κ1) is 11.4. The minimum Gasteiger partial charge on any atom is -0.402 e. The summed E-state index contributed by atoms with van der Waals surface area (Å²) in [6.45, 7) is 0. The van der Waals surface area contributed by atoms with Gasteiger partial charge in [0.15, 0.2) is 0 Å². The fourth-order valence-electron chi connectivity index (χ4n) is 1.03. The second-order valence-electron chi connectivity index (χ2n) is 2.57. The third-order valence-corrected chi connectivity index (χ3v) is 1.55. The zero-order valence-electron chi connectivity index (χ0n) is 7.45. The summed E-state index contributed by atoms with van der Waals surface area (Å²) in [4.78, 5) is 21.7. The Balaban J connectivity index is 0.000000245. The molecular weight excluding hydrogens is 203 g/mol. The van der Waals surface area contributed by atoms with Crippen LogP contribution in [0.25, 0.3) is 0 Å². The number of fused-ring (bicyclic) bond motifs is 1. The lowest BCUT2D eigenvalue weighted by Gasteiger charge is -1.86. The lowest BCUT2D eigenvalue weighted by Crippen LogP contribution is -2.07. The van der Waals surface area contributed by atoms with Crippen LogP contribution in [-0.4, -0.2) is 34.3 Å². The molecule has 3 N–H and O–H groups in total.